The molecule has 0 spiro atoms. The van der Waals surface area contributed by atoms with Crippen molar-refractivity contribution in [3.05, 3.63) is 35.9 Å². The molecule has 3 rings (SSSR count). The molecule has 2 N–H and O–H groups in total. The smallest absolute Gasteiger partial charge is 0.242 e. The van der Waals surface area contributed by atoms with Crippen LogP contribution < -0.4 is 5.73 Å². The molecule has 1 heterocycles. The first-order valence-corrected chi connectivity index (χ1v) is 8.29. The van der Waals surface area contributed by atoms with Gasteiger partial charge in [-0.25, -0.2) is 0 Å². The summed E-state index contributed by atoms with van der Waals surface area (Å²) >= 11 is 0. The van der Waals surface area contributed by atoms with Crippen LogP contribution in [0.5, 0.6) is 0 Å². The van der Waals surface area contributed by atoms with E-state index in [2.05, 4.69) is 30.3 Å². The van der Waals surface area contributed by atoms with Crippen molar-refractivity contribution in [2.75, 3.05) is 13.1 Å². The van der Waals surface area contributed by atoms with E-state index in [9.17, 15) is 4.79 Å². The molecule has 1 amide bonds. The Labute approximate surface area is 127 Å². The average Bonchev–Trinajstić information content (AvgIpc) is 2.51. The van der Waals surface area contributed by atoms with Crippen molar-refractivity contribution in [1.82, 2.24) is 4.90 Å². The first-order valence-electron chi connectivity index (χ1n) is 8.29. The number of nitrogens with zero attached hydrogens (tertiary/aromatic N) is 1. The van der Waals surface area contributed by atoms with Crippen LogP contribution in [-0.4, -0.2) is 29.4 Å². The van der Waals surface area contributed by atoms with E-state index in [1.807, 2.05) is 4.90 Å². The van der Waals surface area contributed by atoms with Crippen molar-refractivity contribution in [1.29, 1.82) is 0 Å². The number of hydrogen-bond donors (Lipinski definition) is 1. The third kappa shape index (κ3) is 3.29. The molecule has 21 heavy (non-hydrogen) atoms. The van der Waals surface area contributed by atoms with Crippen LogP contribution in [0.3, 0.4) is 0 Å². The number of likely N-dealkylation sites (tertiary alicyclic amines) is 1. The van der Waals surface area contributed by atoms with E-state index in [1.54, 1.807) is 0 Å². The molecule has 3 heteroatoms. The lowest BCUT2D eigenvalue weighted by Gasteiger charge is -2.43. The summed E-state index contributed by atoms with van der Waals surface area (Å²) in [5, 5.41) is 0. The van der Waals surface area contributed by atoms with Gasteiger partial charge in [-0.3, -0.25) is 4.79 Å². The molecule has 0 aromatic heterocycles. The van der Waals surface area contributed by atoms with Gasteiger partial charge in [-0.1, -0.05) is 30.3 Å². The number of piperidine rings is 1. The van der Waals surface area contributed by atoms with Gasteiger partial charge in [-0.15, -0.1) is 0 Å². The Morgan fingerprint density at radius 1 is 1.24 bits per heavy atom. The van der Waals surface area contributed by atoms with Crippen LogP contribution >= 0.6 is 0 Å². The van der Waals surface area contributed by atoms with Gasteiger partial charge in [0.15, 0.2) is 0 Å². The maximum absolute atomic E-state index is 12.5. The number of carbonyl (C=O) groups excluding carboxylic acids is 1. The van der Waals surface area contributed by atoms with Crippen molar-refractivity contribution in [3.63, 3.8) is 0 Å². The summed E-state index contributed by atoms with van der Waals surface area (Å²) in [4.78, 5) is 14.6. The summed E-state index contributed by atoms with van der Waals surface area (Å²) in [7, 11) is 0. The maximum Gasteiger partial charge on any atom is 0.242 e. The predicted molar refractivity (Wildman–Crippen MR) is 84.8 cm³/mol. The minimum absolute atomic E-state index is 0.207. The van der Waals surface area contributed by atoms with Gasteiger partial charge in [0.05, 0.1) is 5.54 Å². The SMILES string of the molecule is NC1(C(=O)N2CCC[C@H](CCc3ccccc3)C2)CCC1. The van der Waals surface area contributed by atoms with E-state index in [4.69, 9.17) is 5.73 Å². The van der Waals surface area contributed by atoms with Crippen LogP contribution in [-0.2, 0) is 11.2 Å². The number of rotatable bonds is 4. The van der Waals surface area contributed by atoms with Crippen LogP contribution in [0, 0.1) is 5.92 Å². The van der Waals surface area contributed by atoms with E-state index in [0.29, 0.717) is 5.92 Å². The Morgan fingerprint density at radius 3 is 2.67 bits per heavy atom. The fourth-order valence-corrected chi connectivity index (χ4v) is 3.59. The first kappa shape index (κ1) is 14.6. The van der Waals surface area contributed by atoms with Gasteiger partial charge in [-0.2, -0.15) is 0 Å². The van der Waals surface area contributed by atoms with Gasteiger partial charge < -0.3 is 10.6 Å². The average molecular weight is 286 g/mol. The Bertz CT molecular complexity index is 481. The Balaban J connectivity index is 1.52. The predicted octanol–water partition coefficient (Wildman–Crippen LogP) is 2.74. The van der Waals surface area contributed by atoms with E-state index in [-0.39, 0.29) is 5.91 Å². The van der Waals surface area contributed by atoms with E-state index in [1.165, 1.54) is 18.4 Å². The molecular formula is C18H26N2O. The summed E-state index contributed by atoms with van der Waals surface area (Å²) < 4.78 is 0. The van der Waals surface area contributed by atoms with Crippen molar-refractivity contribution >= 4 is 5.91 Å². The highest BCUT2D eigenvalue weighted by atomic mass is 16.2. The zero-order valence-corrected chi connectivity index (χ0v) is 12.8. The lowest BCUT2D eigenvalue weighted by Crippen LogP contribution is -2.60. The third-order valence-electron chi connectivity index (χ3n) is 5.16. The molecular weight excluding hydrogens is 260 g/mol. The molecule has 1 aromatic rings. The molecule has 114 valence electrons. The van der Waals surface area contributed by atoms with Gasteiger partial charge >= 0.3 is 0 Å². The monoisotopic (exact) mass is 286 g/mol. The number of aryl methyl sites for hydroxylation is 1. The minimum atomic E-state index is -0.526. The van der Waals surface area contributed by atoms with Crippen LogP contribution in [0.2, 0.25) is 0 Å². The van der Waals surface area contributed by atoms with Gasteiger partial charge in [0, 0.05) is 13.1 Å². The molecule has 0 unspecified atom stereocenters. The van der Waals surface area contributed by atoms with Crippen LogP contribution in [0.4, 0.5) is 0 Å². The van der Waals surface area contributed by atoms with Crippen molar-refractivity contribution in [2.45, 2.75) is 50.5 Å². The molecule has 1 aliphatic carbocycles. The molecule has 0 radical (unpaired) electrons. The standard InChI is InChI=1S/C18H26N2O/c19-18(11-5-12-18)17(21)20-13-4-8-16(14-20)10-9-15-6-2-1-3-7-15/h1-3,6-7,16H,4-5,8-14,19H2/t16-/m1/s1. The molecule has 1 aromatic carbocycles. The lowest BCUT2D eigenvalue weighted by atomic mass is 9.76. The van der Waals surface area contributed by atoms with Gasteiger partial charge in [0.2, 0.25) is 5.91 Å². The van der Waals surface area contributed by atoms with Crippen LogP contribution in [0.15, 0.2) is 30.3 Å². The largest absolute Gasteiger partial charge is 0.341 e. The van der Waals surface area contributed by atoms with Crippen molar-refractivity contribution in [2.24, 2.45) is 11.7 Å². The first-order chi connectivity index (χ1) is 10.2. The molecule has 1 saturated heterocycles. The molecule has 1 atom stereocenters. The zero-order chi connectivity index (χ0) is 14.7. The molecule has 2 fully saturated rings. The summed E-state index contributed by atoms with van der Waals surface area (Å²) in [5.74, 6) is 0.838. The summed E-state index contributed by atoms with van der Waals surface area (Å²) in [5.41, 5.74) is 7.07. The summed E-state index contributed by atoms with van der Waals surface area (Å²) in [6, 6.07) is 10.6. The molecule has 3 nitrogen and oxygen atoms in total. The Hall–Kier alpha value is -1.35. The second-order valence-electron chi connectivity index (χ2n) is 6.79. The second-order valence-corrected chi connectivity index (χ2v) is 6.79. The minimum Gasteiger partial charge on any atom is -0.341 e. The molecule has 1 saturated carbocycles. The third-order valence-corrected chi connectivity index (χ3v) is 5.16. The van der Waals surface area contributed by atoms with Crippen molar-refractivity contribution in [3.8, 4) is 0 Å². The fraction of sp³-hybridized carbons (Fsp3) is 0.611. The van der Waals surface area contributed by atoms with Gasteiger partial charge in [-0.05, 0) is 56.4 Å². The normalized spacial score (nSPS) is 24.4. The molecule has 2 aliphatic rings. The van der Waals surface area contributed by atoms with E-state index >= 15 is 0 Å². The number of amides is 1. The fourth-order valence-electron chi connectivity index (χ4n) is 3.59. The van der Waals surface area contributed by atoms with E-state index in [0.717, 1.165) is 45.2 Å². The van der Waals surface area contributed by atoms with E-state index < -0.39 is 5.54 Å². The highest BCUT2D eigenvalue weighted by Crippen LogP contribution is 2.32. The lowest BCUT2D eigenvalue weighted by molar-refractivity contribution is -0.142. The Morgan fingerprint density at radius 2 is 2.00 bits per heavy atom. The summed E-state index contributed by atoms with van der Waals surface area (Å²) in [6.45, 7) is 1.81. The van der Waals surface area contributed by atoms with Gasteiger partial charge in [0.1, 0.15) is 0 Å². The quantitative estimate of drug-likeness (QED) is 0.925. The molecule has 1 aliphatic heterocycles. The number of carbonyl (C=O) groups is 1. The van der Waals surface area contributed by atoms with Crippen LogP contribution in [0.1, 0.15) is 44.1 Å². The van der Waals surface area contributed by atoms with Crippen molar-refractivity contribution < 1.29 is 4.79 Å². The summed E-state index contributed by atoms with van der Waals surface area (Å²) in [6.07, 6.45) is 7.50. The highest BCUT2D eigenvalue weighted by Gasteiger charge is 2.43. The Kier molecular flexibility index (Phi) is 4.29. The number of benzene rings is 1. The number of nitrogens with two attached hydrogens (primary N) is 1. The number of hydrogen-bond acceptors (Lipinski definition) is 2. The molecule has 0 bridgehead atoms. The second kappa shape index (κ2) is 6.18. The maximum atomic E-state index is 12.5. The van der Waals surface area contributed by atoms with Crippen LogP contribution in [0.25, 0.3) is 0 Å². The van der Waals surface area contributed by atoms with Gasteiger partial charge in [0.25, 0.3) is 0 Å². The zero-order valence-electron chi connectivity index (χ0n) is 12.8. The highest BCUT2D eigenvalue weighted by molar-refractivity contribution is 5.87. The topological polar surface area (TPSA) is 46.3 Å².